The molecular formula is C11H16N2O2. The van der Waals surface area contributed by atoms with Gasteiger partial charge in [0.2, 0.25) is 0 Å². The largest absolute Gasteiger partial charge is 0.508 e. The summed E-state index contributed by atoms with van der Waals surface area (Å²) in [5.74, 6) is 0.260. The fourth-order valence-corrected chi connectivity index (χ4v) is 1.13. The minimum atomic E-state index is -0.0891. The molecule has 0 aliphatic rings. The number of aromatic hydroxyl groups is 1. The second kappa shape index (κ2) is 5.24. The predicted molar refractivity (Wildman–Crippen MR) is 58.9 cm³/mol. The van der Waals surface area contributed by atoms with Crippen molar-refractivity contribution >= 4 is 6.03 Å². The first kappa shape index (κ1) is 11.4. The Labute approximate surface area is 89.5 Å². The summed E-state index contributed by atoms with van der Waals surface area (Å²) in [6.45, 7) is 0.599. The maximum Gasteiger partial charge on any atom is 0.316 e. The van der Waals surface area contributed by atoms with E-state index in [-0.39, 0.29) is 11.8 Å². The van der Waals surface area contributed by atoms with Crippen LogP contribution in [0.1, 0.15) is 5.56 Å². The number of urea groups is 1. The minimum Gasteiger partial charge on any atom is -0.508 e. The Hall–Kier alpha value is -1.71. The summed E-state index contributed by atoms with van der Waals surface area (Å²) in [5, 5.41) is 11.8. The zero-order valence-corrected chi connectivity index (χ0v) is 9.03. The van der Waals surface area contributed by atoms with Crippen molar-refractivity contribution in [2.75, 3.05) is 20.6 Å². The molecule has 0 aliphatic carbocycles. The first-order chi connectivity index (χ1) is 7.09. The van der Waals surface area contributed by atoms with E-state index in [9.17, 15) is 4.79 Å². The van der Waals surface area contributed by atoms with Gasteiger partial charge in [-0.25, -0.2) is 4.79 Å². The van der Waals surface area contributed by atoms with Gasteiger partial charge in [0.1, 0.15) is 5.75 Å². The van der Waals surface area contributed by atoms with Gasteiger partial charge in [-0.3, -0.25) is 0 Å². The van der Waals surface area contributed by atoms with Crippen molar-refractivity contribution in [2.45, 2.75) is 6.42 Å². The quantitative estimate of drug-likeness (QED) is 0.784. The van der Waals surface area contributed by atoms with E-state index in [0.29, 0.717) is 6.54 Å². The van der Waals surface area contributed by atoms with E-state index in [0.717, 1.165) is 12.0 Å². The molecule has 0 aromatic heterocycles. The van der Waals surface area contributed by atoms with Crippen molar-refractivity contribution in [3.05, 3.63) is 29.8 Å². The van der Waals surface area contributed by atoms with E-state index < -0.39 is 0 Å². The number of hydrogen-bond acceptors (Lipinski definition) is 2. The van der Waals surface area contributed by atoms with Gasteiger partial charge in [-0.2, -0.15) is 0 Å². The molecule has 82 valence electrons. The molecule has 0 radical (unpaired) electrons. The summed E-state index contributed by atoms with van der Waals surface area (Å²) in [7, 11) is 3.41. The van der Waals surface area contributed by atoms with Crippen molar-refractivity contribution in [2.24, 2.45) is 0 Å². The molecule has 0 bridgehead atoms. The van der Waals surface area contributed by atoms with Crippen molar-refractivity contribution in [3.8, 4) is 5.75 Å². The van der Waals surface area contributed by atoms with Crippen LogP contribution in [0.15, 0.2) is 24.3 Å². The lowest BCUT2D eigenvalue weighted by atomic mass is 10.1. The van der Waals surface area contributed by atoms with E-state index in [1.807, 2.05) is 12.1 Å². The zero-order chi connectivity index (χ0) is 11.3. The van der Waals surface area contributed by atoms with Crippen LogP contribution in [-0.4, -0.2) is 36.7 Å². The van der Waals surface area contributed by atoms with Crippen LogP contribution in [0.2, 0.25) is 0 Å². The summed E-state index contributed by atoms with van der Waals surface area (Å²) in [6, 6.07) is 6.88. The molecule has 0 unspecified atom stereocenters. The van der Waals surface area contributed by atoms with Gasteiger partial charge in [0.05, 0.1) is 0 Å². The monoisotopic (exact) mass is 208 g/mol. The van der Waals surface area contributed by atoms with Crippen molar-refractivity contribution in [1.82, 2.24) is 10.2 Å². The van der Waals surface area contributed by atoms with Crippen LogP contribution in [0.25, 0.3) is 0 Å². The van der Waals surface area contributed by atoms with Crippen LogP contribution in [-0.2, 0) is 6.42 Å². The molecule has 2 N–H and O–H groups in total. The number of nitrogens with one attached hydrogen (secondary N) is 1. The van der Waals surface area contributed by atoms with E-state index in [2.05, 4.69) is 5.32 Å². The van der Waals surface area contributed by atoms with Gasteiger partial charge < -0.3 is 15.3 Å². The first-order valence-corrected chi connectivity index (χ1v) is 4.82. The number of hydrogen-bond donors (Lipinski definition) is 2. The third kappa shape index (κ3) is 3.89. The molecule has 0 spiro atoms. The van der Waals surface area contributed by atoms with Gasteiger partial charge in [-0.15, -0.1) is 0 Å². The van der Waals surface area contributed by atoms with E-state index in [1.54, 1.807) is 26.2 Å². The van der Waals surface area contributed by atoms with E-state index >= 15 is 0 Å². The minimum absolute atomic E-state index is 0.0891. The maximum atomic E-state index is 11.2. The van der Waals surface area contributed by atoms with Crippen LogP contribution >= 0.6 is 0 Å². The second-order valence-corrected chi connectivity index (χ2v) is 3.54. The second-order valence-electron chi connectivity index (χ2n) is 3.54. The van der Waals surface area contributed by atoms with Crippen LogP contribution in [0, 0.1) is 0 Å². The summed E-state index contributed by atoms with van der Waals surface area (Å²) in [4.78, 5) is 12.7. The zero-order valence-electron chi connectivity index (χ0n) is 9.03. The molecule has 4 heteroatoms. The molecule has 0 atom stereocenters. The molecule has 15 heavy (non-hydrogen) atoms. The maximum absolute atomic E-state index is 11.2. The number of carbonyl (C=O) groups is 1. The smallest absolute Gasteiger partial charge is 0.316 e. The van der Waals surface area contributed by atoms with Gasteiger partial charge in [0, 0.05) is 20.6 Å². The van der Waals surface area contributed by atoms with Gasteiger partial charge in [0.15, 0.2) is 0 Å². The Bertz CT molecular complexity index is 320. The average molecular weight is 208 g/mol. The van der Waals surface area contributed by atoms with Crippen molar-refractivity contribution in [3.63, 3.8) is 0 Å². The summed E-state index contributed by atoms with van der Waals surface area (Å²) in [6.07, 6.45) is 0.764. The number of amides is 2. The number of benzene rings is 1. The Morgan fingerprint density at radius 1 is 1.33 bits per heavy atom. The summed E-state index contributed by atoms with van der Waals surface area (Å²) >= 11 is 0. The fourth-order valence-electron chi connectivity index (χ4n) is 1.13. The normalized spacial score (nSPS) is 9.73. The molecule has 1 rings (SSSR count). The van der Waals surface area contributed by atoms with Gasteiger partial charge in [-0.05, 0) is 24.1 Å². The third-order valence-electron chi connectivity index (χ3n) is 2.03. The highest BCUT2D eigenvalue weighted by molar-refractivity contribution is 5.73. The number of nitrogens with zero attached hydrogens (tertiary/aromatic N) is 1. The van der Waals surface area contributed by atoms with Gasteiger partial charge in [-0.1, -0.05) is 12.1 Å². The highest BCUT2D eigenvalue weighted by Gasteiger charge is 2.01. The fraction of sp³-hybridized carbons (Fsp3) is 0.364. The lowest BCUT2D eigenvalue weighted by Gasteiger charge is -2.11. The van der Waals surface area contributed by atoms with Crippen LogP contribution < -0.4 is 5.32 Å². The van der Waals surface area contributed by atoms with Crippen LogP contribution in [0.5, 0.6) is 5.75 Å². The third-order valence-corrected chi connectivity index (χ3v) is 2.03. The van der Waals surface area contributed by atoms with Crippen LogP contribution in [0.4, 0.5) is 4.79 Å². The van der Waals surface area contributed by atoms with E-state index in [1.165, 1.54) is 4.90 Å². The molecule has 0 fully saturated rings. The Morgan fingerprint density at radius 3 is 2.47 bits per heavy atom. The summed E-state index contributed by atoms with van der Waals surface area (Å²) < 4.78 is 0. The number of rotatable bonds is 3. The molecule has 0 heterocycles. The SMILES string of the molecule is CN(C)C(=O)NCCc1ccc(O)cc1. The molecule has 1 aromatic carbocycles. The van der Waals surface area contributed by atoms with E-state index in [4.69, 9.17) is 5.11 Å². The number of phenols is 1. The molecule has 0 saturated carbocycles. The molecule has 0 aliphatic heterocycles. The highest BCUT2D eigenvalue weighted by Crippen LogP contribution is 2.09. The molecule has 1 aromatic rings. The van der Waals surface area contributed by atoms with Crippen molar-refractivity contribution < 1.29 is 9.90 Å². The molecule has 0 saturated heterocycles. The first-order valence-electron chi connectivity index (χ1n) is 4.82. The van der Waals surface area contributed by atoms with Crippen molar-refractivity contribution in [1.29, 1.82) is 0 Å². The van der Waals surface area contributed by atoms with Gasteiger partial charge in [0.25, 0.3) is 0 Å². The molecule has 2 amide bonds. The topological polar surface area (TPSA) is 52.6 Å². The highest BCUT2D eigenvalue weighted by atomic mass is 16.3. The lowest BCUT2D eigenvalue weighted by molar-refractivity contribution is 0.217. The predicted octanol–water partition coefficient (Wildman–Crippen LogP) is 1.21. The standard InChI is InChI=1S/C11H16N2O2/c1-13(2)11(15)12-8-7-9-3-5-10(14)6-4-9/h3-6,14H,7-8H2,1-2H3,(H,12,15). The Balaban J connectivity index is 2.32. The number of phenolic OH excluding ortho intramolecular Hbond substituents is 1. The average Bonchev–Trinajstić information content (AvgIpc) is 2.20. The summed E-state index contributed by atoms with van der Waals surface area (Å²) in [5.41, 5.74) is 1.09. The lowest BCUT2D eigenvalue weighted by Crippen LogP contribution is -2.35. The Morgan fingerprint density at radius 2 is 1.93 bits per heavy atom. The Kier molecular flexibility index (Phi) is 3.97. The van der Waals surface area contributed by atoms with Crippen LogP contribution in [0.3, 0.4) is 0 Å². The molecule has 4 nitrogen and oxygen atoms in total. The van der Waals surface area contributed by atoms with Gasteiger partial charge >= 0.3 is 6.03 Å². The molecular weight excluding hydrogens is 192 g/mol. The number of carbonyl (C=O) groups excluding carboxylic acids is 1.